The van der Waals surface area contributed by atoms with Crippen molar-refractivity contribution >= 4 is 17.4 Å². The summed E-state index contributed by atoms with van der Waals surface area (Å²) in [7, 11) is 0. The van der Waals surface area contributed by atoms with Gasteiger partial charge in [-0.1, -0.05) is 24.6 Å². The van der Waals surface area contributed by atoms with Crippen LogP contribution in [0.15, 0.2) is 24.4 Å². The molecule has 4 nitrogen and oxygen atoms in total. The Hall–Kier alpha value is -1.68. The molecule has 0 aromatic carbocycles. The smallest absolute Gasteiger partial charge is 0.130 e. The summed E-state index contributed by atoms with van der Waals surface area (Å²) in [6.45, 7) is 4.78. The monoisotopic (exact) mass is 276 g/mol. The minimum Gasteiger partial charge on any atom is -0.366 e. The van der Waals surface area contributed by atoms with E-state index in [9.17, 15) is 0 Å². The number of anilines is 1. The number of aryl methyl sites for hydroxylation is 2. The molecule has 0 aliphatic rings. The Bertz CT molecular complexity index is 540. The third-order valence-electron chi connectivity index (χ3n) is 2.64. The van der Waals surface area contributed by atoms with Gasteiger partial charge in [0.1, 0.15) is 16.8 Å². The van der Waals surface area contributed by atoms with Gasteiger partial charge in [-0.3, -0.25) is 0 Å². The van der Waals surface area contributed by atoms with Crippen LogP contribution in [0.25, 0.3) is 0 Å². The molecule has 0 saturated carbocycles. The maximum Gasteiger partial charge on any atom is 0.130 e. The molecule has 0 unspecified atom stereocenters. The summed E-state index contributed by atoms with van der Waals surface area (Å²) in [6.07, 6.45) is 3.71. The molecule has 19 heavy (non-hydrogen) atoms. The molecule has 100 valence electrons. The summed E-state index contributed by atoms with van der Waals surface area (Å²) in [6, 6.07) is 5.68. The lowest BCUT2D eigenvalue weighted by Crippen LogP contribution is -2.05. The fourth-order valence-electron chi connectivity index (χ4n) is 1.76. The third kappa shape index (κ3) is 4.17. The quantitative estimate of drug-likeness (QED) is 0.851. The molecule has 5 heteroatoms. The number of halogens is 1. The molecule has 0 aliphatic carbocycles. The van der Waals surface area contributed by atoms with Crippen molar-refractivity contribution in [1.29, 1.82) is 0 Å². The SMILES string of the molecule is CCCc1nc(C)cc(NCc2ccc(Cl)nc2)n1. The molecule has 0 aliphatic heterocycles. The van der Waals surface area contributed by atoms with Crippen LogP contribution >= 0.6 is 11.6 Å². The molecule has 2 heterocycles. The van der Waals surface area contributed by atoms with Crippen LogP contribution in [0.3, 0.4) is 0 Å². The van der Waals surface area contributed by atoms with Crippen LogP contribution in [0.2, 0.25) is 5.15 Å². The van der Waals surface area contributed by atoms with Gasteiger partial charge in [0.2, 0.25) is 0 Å². The Morgan fingerprint density at radius 1 is 1.26 bits per heavy atom. The van der Waals surface area contributed by atoms with Crippen molar-refractivity contribution in [2.24, 2.45) is 0 Å². The molecule has 0 fully saturated rings. The van der Waals surface area contributed by atoms with Crippen LogP contribution in [0.4, 0.5) is 5.82 Å². The number of rotatable bonds is 5. The van der Waals surface area contributed by atoms with Crippen LogP contribution in [-0.4, -0.2) is 15.0 Å². The Morgan fingerprint density at radius 2 is 2.11 bits per heavy atom. The van der Waals surface area contributed by atoms with E-state index in [2.05, 4.69) is 27.2 Å². The summed E-state index contributed by atoms with van der Waals surface area (Å²) in [5.74, 6) is 1.74. The van der Waals surface area contributed by atoms with Gasteiger partial charge in [0.25, 0.3) is 0 Å². The van der Waals surface area contributed by atoms with Gasteiger partial charge in [0.05, 0.1) is 0 Å². The second-order valence-electron chi connectivity index (χ2n) is 4.40. The van der Waals surface area contributed by atoms with Crippen molar-refractivity contribution in [3.05, 3.63) is 46.6 Å². The van der Waals surface area contributed by atoms with Gasteiger partial charge < -0.3 is 5.32 Å². The van der Waals surface area contributed by atoms with Crippen molar-refractivity contribution in [2.45, 2.75) is 33.2 Å². The molecule has 1 N–H and O–H groups in total. The van der Waals surface area contributed by atoms with Crippen LogP contribution in [0, 0.1) is 6.92 Å². The molecule has 2 rings (SSSR count). The number of pyridine rings is 1. The first kappa shape index (κ1) is 13.7. The maximum atomic E-state index is 5.75. The molecular weight excluding hydrogens is 260 g/mol. The van der Waals surface area contributed by atoms with Crippen LogP contribution in [-0.2, 0) is 13.0 Å². The number of hydrogen-bond donors (Lipinski definition) is 1. The standard InChI is InChI=1S/C14H17ClN4/c1-3-4-13-18-10(2)7-14(19-13)17-9-11-5-6-12(15)16-8-11/h5-8H,3-4,9H2,1-2H3,(H,17,18,19). The Kier molecular flexibility index (Phi) is 4.68. The molecule has 0 radical (unpaired) electrons. The Balaban J connectivity index is 2.04. The molecule has 0 amide bonds. The highest BCUT2D eigenvalue weighted by Gasteiger charge is 2.02. The lowest BCUT2D eigenvalue weighted by molar-refractivity contribution is 0.824. The van der Waals surface area contributed by atoms with Gasteiger partial charge in [-0.2, -0.15) is 0 Å². The van der Waals surface area contributed by atoms with Gasteiger partial charge in [-0.05, 0) is 25.0 Å². The van der Waals surface area contributed by atoms with Crippen molar-refractivity contribution in [2.75, 3.05) is 5.32 Å². The predicted octanol–water partition coefficient (Wildman–Crippen LogP) is 3.40. The minimum absolute atomic E-state index is 0.506. The average Bonchev–Trinajstić information content (AvgIpc) is 2.38. The molecule has 0 saturated heterocycles. The van der Waals surface area contributed by atoms with Gasteiger partial charge >= 0.3 is 0 Å². The second-order valence-corrected chi connectivity index (χ2v) is 4.79. The molecule has 0 atom stereocenters. The number of aromatic nitrogens is 3. The van der Waals surface area contributed by atoms with E-state index >= 15 is 0 Å². The first-order valence-electron chi connectivity index (χ1n) is 6.36. The van der Waals surface area contributed by atoms with Gasteiger partial charge in [0, 0.05) is 30.9 Å². The molecule has 0 spiro atoms. The summed E-state index contributed by atoms with van der Waals surface area (Å²) < 4.78 is 0. The van der Waals surface area contributed by atoms with Gasteiger partial charge in [-0.25, -0.2) is 15.0 Å². The Morgan fingerprint density at radius 3 is 2.79 bits per heavy atom. The highest BCUT2D eigenvalue weighted by atomic mass is 35.5. The van der Waals surface area contributed by atoms with E-state index in [1.54, 1.807) is 12.3 Å². The molecule has 0 bridgehead atoms. The first-order valence-corrected chi connectivity index (χ1v) is 6.74. The minimum atomic E-state index is 0.506. The zero-order valence-corrected chi connectivity index (χ0v) is 11.9. The van der Waals surface area contributed by atoms with E-state index in [1.807, 2.05) is 19.1 Å². The zero-order valence-electron chi connectivity index (χ0n) is 11.2. The summed E-state index contributed by atoms with van der Waals surface area (Å²) in [5, 5.41) is 3.79. The third-order valence-corrected chi connectivity index (χ3v) is 2.86. The van der Waals surface area contributed by atoms with Crippen molar-refractivity contribution in [3.63, 3.8) is 0 Å². The lowest BCUT2D eigenvalue weighted by atomic mass is 10.3. The lowest BCUT2D eigenvalue weighted by Gasteiger charge is -2.08. The normalized spacial score (nSPS) is 10.5. The van der Waals surface area contributed by atoms with Gasteiger partial charge in [0.15, 0.2) is 0 Å². The van der Waals surface area contributed by atoms with Crippen molar-refractivity contribution < 1.29 is 0 Å². The average molecular weight is 277 g/mol. The fraction of sp³-hybridized carbons (Fsp3) is 0.357. The van der Waals surface area contributed by atoms with E-state index in [1.165, 1.54) is 0 Å². The van der Waals surface area contributed by atoms with Gasteiger partial charge in [-0.15, -0.1) is 0 Å². The molecule has 2 aromatic heterocycles. The van der Waals surface area contributed by atoms with E-state index in [-0.39, 0.29) is 0 Å². The number of hydrogen-bond acceptors (Lipinski definition) is 4. The van der Waals surface area contributed by atoms with Crippen LogP contribution < -0.4 is 5.32 Å². The largest absolute Gasteiger partial charge is 0.366 e. The van der Waals surface area contributed by atoms with E-state index in [0.29, 0.717) is 11.7 Å². The molecular formula is C14H17ClN4. The van der Waals surface area contributed by atoms with E-state index in [0.717, 1.165) is 35.7 Å². The van der Waals surface area contributed by atoms with Crippen LogP contribution in [0.5, 0.6) is 0 Å². The highest BCUT2D eigenvalue weighted by molar-refractivity contribution is 6.29. The fourth-order valence-corrected chi connectivity index (χ4v) is 1.87. The topological polar surface area (TPSA) is 50.7 Å². The van der Waals surface area contributed by atoms with Crippen molar-refractivity contribution in [3.8, 4) is 0 Å². The summed E-state index contributed by atoms with van der Waals surface area (Å²) in [4.78, 5) is 12.9. The zero-order chi connectivity index (χ0) is 13.7. The van der Waals surface area contributed by atoms with Crippen molar-refractivity contribution in [1.82, 2.24) is 15.0 Å². The van der Waals surface area contributed by atoms with E-state index < -0.39 is 0 Å². The predicted molar refractivity (Wildman–Crippen MR) is 77.3 cm³/mol. The van der Waals surface area contributed by atoms with Crippen LogP contribution in [0.1, 0.15) is 30.4 Å². The maximum absolute atomic E-state index is 5.75. The first-order chi connectivity index (χ1) is 9.17. The Labute approximate surface area is 118 Å². The van der Waals surface area contributed by atoms with E-state index in [4.69, 9.17) is 11.6 Å². The molecule has 2 aromatic rings. The summed E-state index contributed by atoms with van der Waals surface area (Å²) >= 11 is 5.75. The number of nitrogens with zero attached hydrogens (tertiary/aromatic N) is 3. The second kappa shape index (κ2) is 6.48. The summed E-state index contributed by atoms with van der Waals surface area (Å²) in [5.41, 5.74) is 2.05. The number of nitrogens with one attached hydrogen (secondary N) is 1. The highest BCUT2D eigenvalue weighted by Crippen LogP contribution is 2.10.